The van der Waals surface area contributed by atoms with E-state index in [1.807, 2.05) is 32.0 Å². The van der Waals surface area contributed by atoms with Gasteiger partial charge in [0.2, 0.25) is 0 Å². The molecule has 2 amide bonds. The van der Waals surface area contributed by atoms with Crippen molar-refractivity contribution in [1.29, 1.82) is 0 Å². The molecule has 0 fully saturated rings. The second-order valence-electron chi connectivity index (χ2n) is 5.06. The highest BCUT2D eigenvalue weighted by Gasteiger charge is 2.10. The Balaban J connectivity index is 2.30. The summed E-state index contributed by atoms with van der Waals surface area (Å²) in [5.74, 6) is -1.18. The molecule has 1 rings (SSSR count). The molecule has 0 saturated heterocycles. The number of carboxylic acids is 1. The molecule has 1 aromatic carbocycles. The number of aryl methyl sites for hydroxylation is 2. The third-order valence-corrected chi connectivity index (χ3v) is 3.29. The van der Waals surface area contributed by atoms with Crippen LogP contribution in [0.15, 0.2) is 18.2 Å². The van der Waals surface area contributed by atoms with E-state index in [4.69, 9.17) is 5.11 Å². The average molecular weight is 278 g/mol. The number of carbonyl (C=O) groups is 2. The quantitative estimate of drug-likeness (QED) is 0.700. The van der Waals surface area contributed by atoms with Gasteiger partial charge in [-0.25, -0.2) is 4.79 Å². The zero-order valence-corrected chi connectivity index (χ0v) is 12.2. The summed E-state index contributed by atoms with van der Waals surface area (Å²) in [4.78, 5) is 22.3. The van der Waals surface area contributed by atoms with Crippen LogP contribution in [0.25, 0.3) is 0 Å². The van der Waals surface area contributed by atoms with Crippen molar-refractivity contribution in [3.8, 4) is 0 Å². The number of urea groups is 1. The number of hydrogen-bond acceptors (Lipinski definition) is 2. The molecule has 0 aliphatic carbocycles. The fraction of sp³-hybridized carbons (Fsp3) is 0.467. The van der Waals surface area contributed by atoms with E-state index in [2.05, 4.69) is 10.6 Å². The largest absolute Gasteiger partial charge is 0.481 e. The summed E-state index contributed by atoms with van der Waals surface area (Å²) in [7, 11) is 0. The molecule has 0 aromatic heterocycles. The number of anilines is 1. The summed E-state index contributed by atoms with van der Waals surface area (Å²) >= 11 is 0. The highest BCUT2D eigenvalue weighted by Crippen LogP contribution is 2.13. The van der Waals surface area contributed by atoms with E-state index in [9.17, 15) is 9.59 Å². The van der Waals surface area contributed by atoms with Crippen LogP contribution in [0, 0.1) is 19.8 Å². The number of amides is 2. The Bertz CT molecular complexity index is 486. The zero-order chi connectivity index (χ0) is 15.1. The monoisotopic (exact) mass is 278 g/mol. The van der Waals surface area contributed by atoms with Gasteiger partial charge in [-0.05, 0) is 49.9 Å². The molecule has 1 aromatic rings. The van der Waals surface area contributed by atoms with Crippen LogP contribution in [-0.4, -0.2) is 23.7 Å². The van der Waals surface area contributed by atoms with E-state index in [1.165, 1.54) is 5.56 Å². The van der Waals surface area contributed by atoms with E-state index < -0.39 is 5.97 Å². The molecule has 3 N–H and O–H groups in total. The molecule has 0 aliphatic heterocycles. The normalized spacial score (nSPS) is 11.8. The molecule has 5 nitrogen and oxygen atoms in total. The van der Waals surface area contributed by atoms with Gasteiger partial charge in [-0.1, -0.05) is 13.0 Å². The van der Waals surface area contributed by atoms with E-state index in [0.717, 1.165) is 11.3 Å². The Morgan fingerprint density at radius 3 is 2.55 bits per heavy atom. The highest BCUT2D eigenvalue weighted by molar-refractivity contribution is 5.89. The Morgan fingerprint density at radius 1 is 1.25 bits per heavy atom. The van der Waals surface area contributed by atoms with Crippen molar-refractivity contribution in [2.75, 3.05) is 11.9 Å². The lowest BCUT2D eigenvalue weighted by molar-refractivity contribution is -0.141. The van der Waals surface area contributed by atoms with Crippen LogP contribution in [0.2, 0.25) is 0 Å². The molecule has 0 saturated carbocycles. The minimum absolute atomic E-state index is 0.267. The lowest BCUT2D eigenvalue weighted by Crippen LogP contribution is -2.30. The first-order valence-electron chi connectivity index (χ1n) is 6.75. The third-order valence-electron chi connectivity index (χ3n) is 3.29. The molecule has 0 bridgehead atoms. The number of carbonyl (C=O) groups excluding carboxylic acids is 1. The molecule has 0 spiro atoms. The molecule has 0 heterocycles. The van der Waals surface area contributed by atoms with Gasteiger partial charge in [-0.15, -0.1) is 0 Å². The Labute approximate surface area is 119 Å². The van der Waals surface area contributed by atoms with Gasteiger partial charge in [0.15, 0.2) is 0 Å². The Kier molecular flexibility index (Phi) is 6.03. The molecule has 0 radical (unpaired) electrons. The lowest BCUT2D eigenvalue weighted by atomic mass is 10.1. The minimum atomic E-state index is -0.801. The number of rotatable bonds is 6. The van der Waals surface area contributed by atoms with Crippen LogP contribution in [0.3, 0.4) is 0 Å². The Morgan fingerprint density at radius 2 is 1.95 bits per heavy atom. The van der Waals surface area contributed by atoms with Gasteiger partial charge in [0.05, 0.1) is 5.92 Å². The summed E-state index contributed by atoms with van der Waals surface area (Å²) in [6.45, 7) is 6.14. The summed E-state index contributed by atoms with van der Waals surface area (Å²) in [6, 6.07) is 5.46. The van der Waals surface area contributed by atoms with Crippen LogP contribution in [0.1, 0.15) is 30.9 Å². The third kappa shape index (κ3) is 5.30. The molecular formula is C15H22N2O3. The fourth-order valence-electron chi connectivity index (χ4n) is 1.73. The van der Waals surface area contributed by atoms with Gasteiger partial charge in [0.1, 0.15) is 0 Å². The van der Waals surface area contributed by atoms with Gasteiger partial charge in [-0.3, -0.25) is 4.79 Å². The standard InChI is InChI=1S/C15H22N2O3/c1-10-6-7-13(9-12(10)3)17-15(20)16-8-4-5-11(2)14(18)19/h6-7,9,11H,4-5,8H2,1-3H3,(H,18,19)(H2,16,17,20). The summed E-state index contributed by atoms with van der Waals surface area (Å²) < 4.78 is 0. The smallest absolute Gasteiger partial charge is 0.319 e. The molecular weight excluding hydrogens is 256 g/mol. The number of nitrogens with one attached hydrogen (secondary N) is 2. The van der Waals surface area contributed by atoms with Crippen molar-refractivity contribution >= 4 is 17.7 Å². The predicted molar refractivity (Wildman–Crippen MR) is 79.0 cm³/mol. The summed E-state index contributed by atoms with van der Waals surface area (Å²) in [5, 5.41) is 14.2. The topological polar surface area (TPSA) is 78.4 Å². The van der Waals surface area contributed by atoms with Crippen LogP contribution in [0.5, 0.6) is 0 Å². The summed E-state index contributed by atoms with van der Waals surface area (Å²) in [6.07, 6.45) is 1.20. The maximum atomic E-state index is 11.6. The molecule has 1 atom stereocenters. The SMILES string of the molecule is Cc1ccc(NC(=O)NCCCC(C)C(=O)O)cc1C. The highest BCUT2D eigenvalue weighted by atomic mass is 16.4. The van der Waals surface area contributed by atoms with Crippen molar-refractivity contribution in [2.24, 2.45) is 5.92 Å². The van der Waals surface area contributed by atoms with Gasteiger partial charge < -0.3 is 15.7 Å². The first kappa shape index (κ1) is 16.0. The van der Waals surface area contributed by atoms with E-state index in [0.29, 0.717) is 19.4 Å². The molecule has 5 heteroatoms. The molecule has 20 heavy (non-hydrogen) atoms. The fourth-order valence-corrected chi connectivity index (χ4v) is 1.73. The average Bonchev–Trinajstić information content (AvgIpc) is 2.38. The van der Waals surface area contributed by atoms with Gasteiger partial charge in [0.25, 0.3) is 0 Å². The molecule has 0 aliphatic rings. The number of carboxylic acid groups (broad SMARTS) is 1. The number of hydrogen-bond donors (Lipinski definition) is 3. The summed E-state index contributed by atoms with van der Waals surface area (Å²) in [5.41, 5.74) is 3.06. The van der Waals surface area contributed by atoms with Crippen molar-refractivity contribution in [3.05, 3.63) is 29.3 Å². The number of aliphatic carboxylic acids is 1. The first-order chi connectivity index (χ1) is 9.40. The van der Waals surface area contributed by atoms with Crippen LogP contribution < -0.4 is 10.6 Å². The predicted octanol–water partition coefficient (Wildman–Crippen LogP) is 2.93. The van der Waals surface area contributed by atoms with Crippen molar-refractivity contribution in [1.82, 2.24) is 5.32 Å². The zero-order valence-electron chi connectivity index (χ0n) is 12.2. The molecule has 1 unspecified atom stereocenters. The van der Waals surface area contributed by atoms with E-state index in [1.54, 1.807) is 6.92 Å². The van der Waals surface area contributed by atoms with Crippen molar-refractivity contribution < 1.29 is 14.7 Å². The van der Waals surface area contributed by atoms with Crippen LogP contribution in [-0.2, 0) is 4.79 Å². The lowest BCUT2D eigenvalue weighted by Gasteiger charge is -2.10. The van der Waals surface area contributed by atoms with Crippen molar-refractivity contribution in [3.63, 3.8) is 0 Å². The van der Waals surface area contributed by atoms with Crippen LogP contribution >= 0.6 is 0 Å². The maximum absolute atomic E-state index is 11.6. The van der Waals surface area contributed by atoms with E-state index in [-0.39, 0.29) is 11.9 Å². The molecule has 110 valence electrons. The van der Waals surface area contributed by atoms with Gasteiger partial charge >= 0.3 is 12.0 Å². The van der Waals surface area contributed by atoms with Gasteiger partial charge in [-0.2, -0.15) is 0 Å². The van der Waals surface area contributed by atoms with Crippen LogP contribution in [0.4, 0.5) is 10.5 Å². The second kappa shape index (κ2) is 7.53. The Hall–Kier alpha value is -2.04. The van der Waals surface area contributed by atoms with Crippen molar-refractivity contribution in [2.45, 2.75) is 33.6 Å². The number of benzene rings is 1. The van der Waals surface area contributed by atoms with E-state index >= 15 is 0 Å². The first-order valence-corrected chi connectivity index (χ1v) is 6.75. The van der Waals surface area contributed by atoms with Gasteiger partial charge in [0, 0.05) is 12.2 Å². The second-order valence-corrected chi connectivity index (χ2v) is 5.06. The maximum Gasteiger partial charge on any atom is 0.319 e. The minimum Gasteiger partial charge on any atom is -0.481 e.